The highest BCUT2D eigenvalue weighted by molar-refractivity contribution is 9.10. The molecule has 4 aliphatic rings. The summed E-state index contributed by atoms with van der Waals surface area (Å²) in [4.78, 5) is 34.2. The zero-order valence-electron chi connectivity index (χ0n) is 41.6. The Morgan fingerprint density at radius 1 is 0.500 bits per heavy atom. The zero-order chi connectivity index (χ0) is 56.8. The molecule has 14 nitrogen and oxygen atoms in total. The predicted octanol–water partition coefficient (Wildman–Crippen LogP) is 8.34. The number of rotatable bonds is 10. The number of ether oxygens (including phenoxy) is 4. The molecule has 4 aromatic carbocycles. The Kier molecular flexibility index (Phi) is 21.8. The third kappa shape index (κ3) is 18.3. The summed E-state index contributed by atoms with van der Waals surface area (Å²) in [5, 5.41) is 17.2. The van der Waals surface area contributed by atoms with Gasteiger partial charge in [-0.1, -0.05) is 94.8 Å². The second-order valence-electron chi connectivity index (χ2n) is 18.2. The van der Waals surface area contributed by atoms with E-state index in [4.69, 9.17) is 19.5 Å². The fourth-order valence-corrected chi connectivity index (χ4v) is 9.00. The van der Waals surface area contributed by atoms with Crippen molar-refractivity contribution in [2.45, 2.75) is 50.0 Å². The van der Waals surface area contributed by atoms with E-state index >= 15 is 0 Å². The van der Waals surface area contributed by atoms with Crippen LogP contribution >= 0.6 is 15.9 Å². The fraction of sp³-hybridized carbons (Fsp3) is 0.480. The summed E-state index contributed by atoms with van der Waals surface area (Å²) in [6, 6.07) is 30.6. The minimum Gasteiger partial charge on any atom is -0.426 e. The highest BCUT2D eigenvalue weighted by atomic mass is 79.9. The van der Waals surface area contributed by atoms with Gasteiger partial charge in [-0.25, -0.2) is 9.59 Å². The highest BCUT2D eigenvalue weighted by Gasteiger charge is 2.61. The summed E-state index contributed by atoms with van der Waals surface area (Å²) in [5.74, 6) is 0. The van der Waals surface area contributed by atoms with Crippen molar-refractivity contribution in [3.8, 4) is 11.1 Å². The minimum absolute atomic E-state index is 0.0370. The first-order valence-electron chi connectivity index (χ1n) is 24.4. The van der Waals surface area contributed by atoms with Gasteiger partial charge in [0.05, 0.1) is 26.4 Å². The molecule has 4 aromatic rings. The third-order valence-corrected chi connectivity index (χ3v) is 13.2. The molecule has 0 radical (unpaired) electrons. The van der Waals surface area contributed by atoms with Crippen LogP contribution in [-0.4, -0.2) is 191 Å². The average molecular weight is 1190 g/mol. The first kappa shape index (κ1) is 61.7. The molecule has 0 saturated carbocycles. The van der Waals surface area contributed by atoms with E-state index in [1.807, 2.05) is 76.5 Å². The molecule has 428 valence electrons. The van der Waals surface area contributed by atoms with Crippen LogP contribution in [0.1, 0.15) is 11.1 Å². The molecule has 2 amide bonds. The van der Waals surface area contributed by atoms with Crippen LogP contribution in [0.5, 0.6) is 0 Å². The van der Waals surface area contributed by atoms with Crippen molar-refractivity contribution in [1.29, 1.82) is 0 Å². The number of hydrogen-bond donors (Lipinski definition) is 2. The Hall–Kier alpha value is -5.52. The maximum atomic E-state index is 12.7. The van der Waals surface area contributed by atoms with E-state index < -0.39 is 56.2 Å². The largest absolute Gasteiger partial charge is 0.488 e. The SMILES string of the molecule is O=C(OC(C(F)(F)F)C(F)(F)F)N1CCN(Cc2ccc(-c3ccccc3)cc2N2CCOCC2)CC1.O=C(OC(C(F)(F)F)C(F)(F)F)N1CCN(Cc2ccc(Br)cc2N2CCOCC2)CC1.OB(O)c1ccccc1. The Morgan fingerprint density at radius 2 is 0.872 bits per heavy atom. The van der Waals surface area contributed by atoms with E-state index in [0.29, 0.717) is 45.0 Å². The van der Waals surface area contributed by atoms with Crippen LogP contribution < -0.4 is 15.3 Å². The molecule has 0 aliphatic carbocycles. The monoisotopic (exact) mass is 1190 g/mol. The summed E-state index contributed by atoms with van der Waals surface area (Å²) in [5.41, 5.74) is 6.80. The normalized spacial score (nSPS) is 17.2. The van der Waals surface area contributed by atoms with Gasteiger partial charge in [-0.3, -0.25) is 9.80 Å². The second-order valence-corrected chi connectivity index (χ2v) is 19.1. The lowest BCUT2D eigenvalue weighted by molar-refractivity contribution is -0.309. The quantitative estimate of drug-likeness (QED) is 0.117. The van der Waals surface area contributed by atoms with Crippen LogP contribution in [0.4, 0.5) is 73.6 Å². The third-order valence-electron chi connectivity index (χ3n) is 12.7. The number of benzene rings is 4. The Balaban J connectivity index is 0.000000219. The average Bonchev–Trinajstić information content (AvgIpc) is 3.40. The number of anilines is 2. The number of carbonyl (C=O) groups is 2. The van der Waals surface area contributed by atoms with Gasteiger partial charge in [0.15, 0.2) is 0 Å². The van der Waals surface area contributed by atoms with E-state index in [-0.39, 0.29) is 52.4 Å². The molecule has 78 heavy (non-hydrogen) atoms. The Morgan fingerprint density at radius 3 is 1.24 bits per heavy atom. The number of nitrogens with zero attached hydrogens (tertiary/aromatic N) is 6. The van der Waals surface area contributed by atoms with Crippen LogP contribution in [0.25, 0.3) is 11.1 Å². The van der Waals surface area contributed by atoms with Crippen LogP contribution in [-0.2, 0) is 32.0 Å². The number of alkyl halides is 12. The summed E-state index contributed by atoms with van der Waals surface area (Å²) in [6.07, 6.45) is -34.5. The molecular weight excluding hydrogens is 1130 g/mol. The van der Waals surface area contributed by atoms with Crippen molar-refractivity contribution in [2.24, 2.45) is 0 Å². The summed E-state index contributed by atoms with van der Waals surface area (Å²) in [6.45, 7) is 7.37. The molecule has 0 spiro atoms. The maximum Gasteiger partial charge on any atom is 0.488 e. The summed E-state index contributed by atoms with van der Waals surface area (Å²) >= 11 is 3.47. The van der Waals surface area contributed by atoms with Gasteiger partial charge in [-0.15, -0.1) is 0 Å². The van der Waals surface area contributed by atoms with Crippen molar-refractivity contribution in [2.75, 3.05) is 115 Å². The number of morpholine rings is 2. The van der Waals surface area contributed by atoms with E-state index in [1.54, 1.807) is 24.3 Å². The van der Waals surface area contributed by atoms with Gasteiger partial charge in [0, 0.05) is 107 Å². The van der Waals surface area contributed by atoms with Crippen LogP contribution in [0.15, 0.2) is 102 Å². The van der Waals surface area contributed by atoms with Crippen molar-refractivity contribution in [3.05, 3.63) is 113 Å². The molecule has 0 bridgehead atoms. The maximum absolute atomic E-state index is 12.7. The second kappa shape index (κ2) is 27.6. The minimum atomic E-state index is -5.74. The fourth-order valence-electron chi connectivity index (χ4n) is 8.65. The van der Waals surface area contributed by atoms with Crippen molar-refractivity contribution < 1.29 is 91.3 Å². The lowest BCUT2D eigenvalue weighted by Crippen LogP contribution is -2.52. The highest BCUT2D eigenvalue weighted by Crippen LogP contribution is 2.38. The first-order valence-corrected chi connectivity index (χ1v) is 25.2. The van der Waals surface area contributed by atoms with E-state index in [1.165, 1.54) is 0 Å². The van der Waals surface area contributed by atoms with Gasteiger partial charge in [-0.2, -0.15) is 52.7 Å². The first-order chi connectivity index (χ1) is 36.8. The van der Waals surface area contributed by atoms with Crippen LogP contribution in [0.2, 0.25) is 0 Å². The van der Waals surface area contributed by atoms with Gasteiger partial charge in [0.25, 0.3) is 12.2 Å². The molecule has 0 aromatic heterocycles. The predicted molar refractivity (Wildman–Crippen MR) is 267 cm³/mol. The number of carbonyl (C=O) groups excluding carboxylic acids is 2. The summed E-state index contributed by atoms with van der Waals surface area (Å²) < 4.78 is 172. The molecular formula is C50H56BBrF12N6O8. The molecule has 8 rings (SSSR count). The number of halogens is 13. The molecule has 28 heteroatoms. The van der Waals surface area contributed by atoms with Crippen LogP contribution in [0.3, 0.4) is 0 Å². The van der Waals surface area contributed by atoms with Gasteiger partial charge in [0.1, 0.15) is 0 Å². The van der Waals surface area contributed by atoms with Crippen LogP contribution in [0, 0.1) is 0 Å². The van der Waals surface area contributed by atoms with Gasteiger partial charge < -0.3 is 48.6 Å². The van der Waals surface area contributed by atoms with E-state index in [2.05, 4.69) is 41.3 Å². The molecule has 4 fully saturated rings. The van der Waals surface area contributed by atoms with E-state index in [9.17, 15) is 62.3 Å². The van der Waals surface area contributed by atoms with Gasteiger partial charge in [-0.05, 0) is 45.9 Å². The van der Waals surface area contributed by atoms with Crippen molar-refractivity contribution >= 4 is 52.1 Å². The summed E-state index contributed by atoms with van der Waals surface area (Å²) in [7, 11) is -1.34. The zero-order valence-corrected chi connectivity index (χ0v) is 43.2. The molecule has 4 heterocycles. The topological polar surface area (TPSA) is 131 Å². The van der Waals surface area contributed by atoms with E-state index in [0.717, 1.165) is 74.1 Å². The molecule has 0 unspecified atom stereocenters. The number of piperazine rings is 2. The lowest BCUT2D eigenvalue weighted by atomic mass is 9.81. The smallest absolute Gasteiger partial charge is 0.426 e. The Bertz CT molecular complexity index is 2480. The number of amides is 2. The molecule has 4 saturated heterocycles. The molecule has 2 N–H and O–H groups in total. The molecule has 0 atom stereocenters. The van der Waals surface area contributed by atoms with Crippen molar-refractivity contribution in [1.82, 2.24) is 19.6 Å². The standard InChI is InChI=1S/C25H27F6N3O3.C19H22BrF6N3O3.C6H7BO2/c26-24(27,28)22(25(29,30)31)37-23(35)34-10-8-32(9-11-34)17-20-7-6-19(18-4-2-1-3-5-18)16-21(20)33-12-14-36-15-13-33;20-14-2-1-13(15(11-14)28-7-9-31-10-8-28)12-27-3-5-29(6-4-27)17(30)32-16(18(21,22)23)19(24,25)26;8-7(9)6-4-2-1-3-5-6/h1-7,16,22H,8-15,17H2;1-2,11,16H,3-10,12H2;1-5,8-9H. The Labute approximate surface area is 450 Å². The molecule has 4 aliphatic heterocycles. The van der Waals surface area contributed by atoms with Gasteiger partial charge >= 0.3 is 44.0 Å². The lowest BCUT2D eigenvalue weighted by Gasteiger charge is -2.36. The van der Waals surface area contributed by atoms with Gasteiger partial charge in [0.2, 0.25) is 0 Å². The number of hydrogen-bond acceptors (Lipinski definition) is 12. The van der Waals surface area contributed by atoms with Crippen molar-refractivity contribution in [3.63, 3.8) is 0 Å².